The average Bonchev–Trinajstić information content (AvgIpc) is 2.15. The fraction of sp³-hybridized carbons (Fsp3) is 1.00. The molecular weight excluding hydrogens is 192 g/mol. The molecule has 1 atom stereocenters. The summed E-state index contributed by atoms with van der Waals surface area (Å²) in [4.78, 5) is 0. The molecule has 0 fully saturated rings. The maximum Gasteiger partial charge on any atom is 0.0708 e. The Morgan fingerprint density at radius 2 is 1.60 bits per heavy atom. The van der Waals surface area contributed by atoms with Crippen molar-refractivity contribution in [3.8, 4) is 0 Å². The fourth-order valence-corrected chi connectivity index (χ4v) is 1.34. The van der Waals surface area contributed by atoms with Crippen molar-refractivity contribution in [3.63, 3.8) is 0 Å². The van der Waals surface area contributed by atoms with Gasteiger partial charge in [0.25, 0.3) is 0 Å². The summed E-state index contributed by atoms with van der Waals surface area (Å²) in [5, 5.41) is 8.54. The van der Waals surface area contributed by atoms with Crippen molar-refractivity contribution in [1.82, 2.24) is 0 Å². The van der Waals surface area contributed by atoms with E-state index in [0.717, 1.165) is 6.42 Å². The van der Waals surface area contributed by atoms with Crippen molar-refractivity contribution in [3.05, 3.63) is 0 Å². The van der Waals surface area contributed by atoms with Gasteiger partial charge in [-0.2, -0.15) is 0 Å². The van der Waals surface area contributed by atoms with Crippen LogP contribution in [-0.2, 0) is 9.47 Å². The average molecular weight is 218 g/mol. The minimum Gasteiger partial charge on any atom is -0.394 e. The first-order chi connectivity index (χ1) is 6.87. The third kappa shape index (κ3) is 4.96. The van der Waals surface area contributed by atoms with Crippen LogP contribution in [0.3, 0.4) is 0 Å². The van der Waals surface area contributed by atoms with Crippen LogP contribution in [0.15, 0.2) is 0 Å². The Bertz CT molecular complexity index is 163. The van der Waals surface area contributed by atoms with Crippen molar-refractivity contribution in [2.45, 2.75) is 46.6 Å². The van der Waals surface area contributed by atoms with E-state index in [4.69, 9.17) is 14.6 Å². The van der Waals surface area contributed by atoms with Crippen LogP contribution in [-0.4, -0.2) is 37.1 Å². The van der Waals surface area contributed by atoms with E-state index in [0.29, 0.717) is 19.8 Å². The monoisotopic (exact) mass is 218 g/mol. The number of hydrogen-bond acceptors (Lipinski definition) is 3. The number of aliphatic hydroxyl groups is 1. The molecule has 0 saturated carbocycles. The summed E-state index contributed by atoms with van der Waals surface area (Å²) in [6.07, 6.45) is 0.983. The lowest BCUT2D eigenvalue weighted by atomic mass is 9.76. The normalized spacial score (nSPS) is 16.4. The van der Waals surface area contributed by atoms with E-state index >= 15 is 0 Å². The Kier molecular flexibility index (Phi) is 6.41. The highest BCUT2D eigenvalue weighted by Crippen LogP contribution is 2.35. The van der Waals surface area contributed by atoms with Crippen LogP contribution < -0.4 is 0 Å². The van der Waals surface area contributed by atoms with Crippen LogP contribution in [0.1, 0.15) is 41.0 Å². The van der Waals surface area contributed by atoms with Crippen molar-refractivity contribution in [2.75, 3.05) is 26.4 Å². The summed E-state index contributed by atoms with van der Waals surface area (Å²) in [5.41, 5.74) is 0.00824. The van der Waals surface area contributed by atoms with Gasteiger partial charge in [0, 0.05) is 0 Å². The van der Waals surface area contributed by atoms with E-state index in [1.807, 2.05) is 0 Å². The van der Waals surface area contributed by atoms with Crippen LogP contribution >= 0.6 is 0 Å². The van der Waals surface area contributed by atoms with Gasteiger partial charge < -0.3 is 14.6 Å². The zero-order valence-corrected chi connectivity index (χ0v) is 10.8. The summed E-state index contributed by atoms with van der Waals surface area (Å²) in [6.45, 7) is 12.4. The van der Waals surface area contributed by atoms with Crippen LogP contribution in [0.5, 0.6) is 0 Å². The maximum absolute atomic E-state index is 8.54. The fourth-order valence-electron chi connectivity index (χ4n) is 1.34. The molecule has 0 amide bonds. The molecule has 3 heteroatoms. The van der Waals surface area contributed by atoms with Gasteiger partial charge in [-0.3, -0.25) is 0 Å². The first-order valence-corrected chi connectivity index (χ1v) is 5.70. The number of rotatable bonds is 7. The molecule has 15 heavy (non-hydrogen) atoms. The smallest absolute Gasteiger partial charge is 0.0708 e. The Labute approximate surface area is 93.8 Å². The highest BCUT2D eigenvalue weighted by Gasteiger charge is 2.36. The quantitative estimate of drug-likeness (QED) is 0.666. The van der Waals surface area contributed by atoms with Crippen molar-refractivity contribution in [2.24, 2.45) is 5.41 Å². The minimum absolute atomic E-state index is 0.0737. The molecule has 0 aromatic rings. The van der Waals surface area contributed by atoms with Crippen molar-refractivity contribution < 1.29 is 14.6 Å². The van der Waals surface area contributed by atoms with Gasteiger partial charge in [0.1, 0.15) is 0 Å². The van der Waals surface area contributed by atoms with Gasteiger partial charge in [0.05, 0.1) is 32.0 Å². The second-order valence-corrected chi connectivity index (χ2v) is 5.02. The first kappa shape index (κ1) is 14.9. The molecule has 0 aromatic carbocycles. The van der Waals surface area contributed by atoms with Crippen LogP contribution in [0, 0.1) is 5.41 Å². The summed E-state index contributed by atoms with van der Waals surface area (Å²) < 4.78 is 11.0. The third-order valence-electron chi connectivity index (χ3n) is 3.15. The van der Waals surface area contributed by atoms with Gasteiger partial charge in [-0.25, -0.2) is 0 Å². The zero-order chi connectivity index (χ0) is 11.9. The summed E-state index contributed by atoms with van der Waals surface area (Å²) >= 11 is 0. The van der Waals surface area contributed by atoms with Gasteiger partial charge in [-0.15, -0.1) is 0 Å². The molecule has 0 radical (unpaired) electrons. The molecule has 0 aliphatic rings. The van der Waals surface area contributed by atoms with E-state index in [-0.39, 0.29) is 17.6 Å². The predicted octanol–water partition coefficient (Wildman–Crippen LogP) is 2.23. The number of ether oxygens (including phenoxy) is 2. The third-order valence-corrected chi connectivity index (χ3v) is 3.15. The highest BCUT2D eigenvalue weighted by atomic mass is 16.5. The molecule has 3 nitrogen and oxygen atoms in total. The molecule has 92 valence electrons. The van der Waals surface area contributed by atoms with E-state index in [1.54, 1.807) is 0 Å². The topological polar surface area (TPSA) is 38.7 Å². The van der Waals surface area contributed by atoms with E-state index in [1.165, 1.54) is 0 Å². The molecule has 0 aromatic heterocycles. The molecule has 0 rings (SSSR count). The maximum atomic E-state index is 8.54. The number of aliphatic hydroxyl groups excluding tert-OH is 1. The Balaban J connectivity index is 3.90. The second kappa shape index (κ2) is 6.46. The minimum atomic E-state index is -0.116. The van der Waals surface area contributed by atoms with Crippen molar-refractivity contribution >= 4 is 0 Å². The zero-order valence-electron chi connectivity index (χ0n) is 10.8. The van der Waals surface area contributed by atoms with Gasteiger partial charge in [-0.1, -0.05) is 27.7 Å². The summed E-state index contributed by atoms with van der Waals surface area (Å²) in [6, 6.07) is 0. The second-order valence-electron chi connectivity index (χ2n) is 5.02. The van der Waals surface area contributed by atoms with Gasteiger partial charge in [-0.05, 0) is 18.8 Å². The van der Waals surface area contributed by atoms with Crippen LogP contribution in [0.2, 0.25) is 0 Å². The lowest BCUT2D eigenvalue weighted by molar-refractivity contribution is -0.120. The standard InChI is InChI=1S/C12H26O3/c1-6-12(5,11(2,3)4)15-10-9-14-8-7-13/h13H,6-10H2,1-5H3. The SMILES string of the molecule is CCC(C)(OCCOCCO)C(C)(C)C. The molecule has 1 N–H and O–H groups in total. The van der Waals surface area contributed by atoms with E-state index in [9.17, 15) is 0 Å². The summed E-state index contributed by atoms with van der Waals surface area (Å²) in [7, 11) is 0. The molecule has 1 unspecified atom stereocenters. The highest BCUT2D eigenvalue weighted by molar-refractivity contribution is 4.86. The Morgan fingerprint density at radius 1 is 1.00 bits per heavy atom. The molecule has 0 aliphatic heterocycles. The van der Waals surface area contributed by atoms with Gasteiger partial charge in [0.2, 0.25) is 0 Å². The van der Waals surface area contributed by atoms with Crippen LogP contribution in [0.25, 0.3) is 0 Å². The largest absolute Gasteiger partial charge is 0.394 e. The first-order valence-electron chi connectivity index (χ1n) is 5.70. The van der Waals surface area contributed by atoms with Crippen molar-refractivity contribution in [1.29, 1.82) is 0 Å². The molecular formula is C12H26O3. The molecule has 0 bridgehead atoms. The van der Waals surface area contributed by atoms with E-state index in [2.05, 4.69) is 34.6 Å². The van der Waals surface area contributed by atoms with E-state index < -0.39 is 0 Å². The predicted molar refractivity (Wildman–Crippen MR) is 62.0 cm³/mol. The van der Waals surface area contributed by atoms with Crippen LogP contribution in [0.4, 0.5) is 0 Å². The molecule has 0 aliphatic carbocycles. The van der Waals surface area contributed by atoms with Gasteiger partial charge in [0.15, 0.2) is 0 Å². The number of hydrogen-bond donors (Lipinski definition) is 1. The lowest BCUT2D eigenvalue weighted by Gasteiger charge is -2.41. The molecule has 0 saturated heterocycles. The van der Waals surface area contributed by atoms with Gasteiger partial charge >= 0.3 is 0 Å². The Morgan fingerprint density at radius 3 is 2.00 bits per heavy atom. The molecule has 0 spiro atoms. The lowest BCUT2D eigenvalue weighted by Crippen LogP contribution is -2.42. The Hall–Kier alpha value is -0.120. The summed E-state index contributed by atoms with van der Waals surface area (Å²) in [5.74, 6) is 0. The molecule has 0 heterocycles.